The van der Waals surface area contributed by atoms with Crippen molar-refractivity contribution in [3.8, 4) is 0 Å². The number of nitrogens with zero attached hydrogens (tertiary/aromatic N) is 1. The van der Waals surface area contributed by atoms with Gasteiger partial charge in [0.1, 0.15) is 12.1 Å². The van der Waals surface area contributed by atoms with Crippen molar-refractivity contribution in [2.24, 2.45) is 0 Å². The molecule has 11 nitrogen and oxygen atoms in total. The Bertz CT molecular complexity index is 1500. The molecule has 4 rings (SSSR count). The lowest BCUT2D eigenvalue weighted by Crippen LogP contribution is -2.51. The first-order valence-corrected chi connectivity index (χ1v) is 14.3. The van der Waals surface area contributed by atoms with Gasteiger partial charge in [-0.15, -0.1) is 0 Å². The highest BCUT2D eigenvalue weighted by molar-refractivity contribution is 5.99. The number of benzene rings is 3. The van der Waals surface area contributed by atoms with Crippen LogP contribution in [0.4, 0.5) is 16.2 Å². The largest absolute Gasteiger partial charge is 0.481 e. The minimum Gasteiger partial charge on any atom is -0.481 e. The third-order valence-corrected chi connectivity index (χ3v) is 7.66. The fourth-order valence-electron chi connectivity index (χ4n) is 5.24. The summed E-state index contributed by atoms with van der Waals surface area (Å²) in [6.45, 7) is 3.63. The predicted octanol–water partition coefficient (Wildman–Crippen LogP) is 4.17. The number of amides is 4. The lowest BCUT2D eigenvalue weighted by atomic mass is 9.95. The molecule has 3 aromatic carbocycles. The number of hydrogen-bond acceptors (Lipinski definition) is 5. The number of aliphatic carboxylic acids is 2. The number of carbonyl (C=O) groups is 5. The molecule has 11 heteroatoms. The third-order valence-electron chi connectivity index (χ3n) is 7.66. The van der Waals surface area contributed by atoms with Crippen LogP contribution in [0.5, 0.6) is 0 Å². The molecule has 1 aliphatic rings. The Morgan fingerprint density at radius 2 is 1.41 bits per heavy atom. The number of anilines is 2. The Hall–Kier alpha value is -5.19. The molecule has 1 fully saturated rings. The van der Waals surface area contributed by atoms with Crippen molar-refractivity contribution in [2.75, 3.05) is 17.2 Å². The number of likely N-dealkylation sites (tertiary alicyclic amines) is 1. The van der Waals surface area contributed by atoms with E-state index in [4.69, 9.17) is 5.11 Å². The van der Waals surface area contributed by atoms with Crippen LogP contribution in [0, 0.1) is 6.92 Å². The van der Waals surface area contributed by atoms with Crippen LogP contribution in [0.1, 0.15) is 47.9 Å². The molecule has 0 aliphatic carbocycles. The minimum atomic E-state index is -1.21. The van der Waals surface area contributed by atoms with Crippen LogP contribution < -0.4 is 16.0 Å². The van der Waals surface area contributed by atoms with Crippen molar-refractivity contribution in [3.05, 3.63) is 95.1 Å². The van der Waals surface area contributed by atoms with E-state index in [1.165, 1.54) is 11.8 Å². The first kappa shape index (κ1) is 31.7. The van der Waals surface area contributed by atoms with Gasteiger partial charge in [0.05, 0.1) is 0 Å². The van der Waals surface area contributed by atoms with Crippen LogP contribution in [-0.2, 0) is 32.0 Å². The predicted molar refractivity (Wildman–Crippen MR) is 164 cm³/mol. The Kier molecular flexibility index (Phi) is 10.3. The van der Waals surface area contributed by atoms with E-state index >= 15 is 0 Å². The summed E-state index contributed by atoms with van der Waals surface area (Å²) in [6, 6.07) is 19.1. The lowest BCUT2D eigenvalue weighted by molar-refractivity contribution is -0.143. The highest BCUT2D eigenvalue weighted by atomic mass is 16.4. The summed E-state index contributed by atoms with van der Waals surface area (Å²) in [4.78, 5) is 62.4. The molecule has 1 saturated heterocycles. The lowest BCUT2D eigenvalue weighted by Gasteiger charge is -2.24. The van der Waals surface area contributed by atoms with Crippen molar-refractivity contribution in [3.63, 3.8) is 0 Å². The number of hydrogen-bond donors (Lipinski definition) is 5. The summed E-state index contributed by atoms with van der Waals surface area (Å²) in [5.74, 6) is -3.09. The fraction of sp³-hybridized carbons (Fsp3) is 0.303. The number of urea groups is 1. The highest BCUT2D eigenvalue weighted by Crippen LogP contribution is 2.33. The molecule has 5 N–H and O–H groups in total. The Morgan fingerprint density at radius 1 is 0.841 bits per heavy atom. The van der Waals surface area contributed by atoms with Crippen LogP contribution in [0.25, 0.3) is 0 Å². The molecule has 230 valence electrons. The minimum absolute atomic E-state index is 0.00505. The van der Waals surface area contributed by atoms with Crippen LogP contribution in [0.3, 0.4) is 0 Å². The summed E-state index contributed by atoms with van der Waals surface area (Å²) in [7, 11) is 0. The molecule has 1 heterocycles. The monoisotopic (exact) mass is 600 g/mol. The average molecular weight is 601 g/mol. The van der Waals surface area contributed by atoms with Gasteiger partial charge in [0.2, 0.25) is 11.8 Å². The molecule has 0 saturated carbocycles. The summed E-state index contributed by atoms with van der Waals surface area (Å²) in [5.41, 5.74) is 4.70. The third kappa shape index (κ3) is 8.66. The van der Waals surface area contributed by atoms with Crippen molar-refractivity contribution >= 4 is 41.2 Å². The second-order valence-corrected chi connectivity index (χ2v) is 11.0. The molecular formula is C33H36N4O7. The van der Waals surface area contributed by atoms with Gasteiger partial charge < -0.3 is 31.1 Å². The van der Waals surface area contributed by atoms with E-state index < -0.39 is 29.9 Å². The zero-order valence-electron chi connectivity index (χ0n) is 24.6. The quantitative estimate of drug-likeness (QED) is 0.220. The van der Waals surface area contributed by atoms with Crippen molar-refractivity contribution in [1.29, 1.82) is 0 Å². The standard InChI is InChI=1S/C33H36N4O7/c1-20-3-12-26(13-4-20)34-33(44)35-27-14-10-24(11-15-27)25-18-29(37(19-25)21(2)38)31(41)36-28(32(42)43)17-23-7-5-22(6-8-23)9-16-30(39)40/h3-8,10-15,25,28-29H,9,16-19H2,1-2H3,(H,36,41)(H,39,40)(H,42,43)(H2,34,35,44). The van der Waals surface area contributed by atoms with E-state index in [0.717, 1.165) is 16.7 Å². The first-order chi connectivity index (χ1) is 21.0. The molecule has 0 radical (unpaired) electrons. The first-order valence-electron chi connectivity index (χ1n) is 14.3. The van der Waals surface area contributed by atoms with Crippen molar-refractivity contribution in [1.82, 2.24) is 10.2 Å². The summed E-state index contributed by atoms with van der Waals surface area (Å²) < 4.78 is 0. The van der Waals surface area contributed by atoms with Gasteiger partial charge in [-0.25, -0.2) is 9.59 Å². The Morgan fingerprint density at radius 3 is 1.95 bits per heavy atom. The summed E-state index contributed by atoms with van der Waals surface area (Å²) in [5, 5.41) is 26.8. The van der Waals surface area contributed by atoms with E-state index in [9.17, 15) is 29.1 Å². The Balaban J connectivity index is 1.36. The summed E-state index contributed by atoms with van der Waals surface area (Å²) in [6.07, 6.45) is 0.703. The van der Waals surface area contributed by atoms with E-state index in [1.54, 1.807) is 36.4 Å². The molecule has 3 aromatic rings. The molecule has 0 spiro atoms. The maximum absolute atomic E-state index is 13.3. The fourth-order valence-corrected chi connectivity index (χ4v) is 5.24. The molecular weight excluding hydrogens is 564 g/mol. The van der Waals surface area contributed by atoms with Crippen LogP contribution in [0.15, 0.2) is 72.8 Å². The van der Waals surface area contributed by atoms with Gasteiger partial charge >= 0.3 is 18.0 Å². The SMILES string of the molecule is CC(=O)N1CC(c2ccc(NC(=O)Nc3ccc(C)cc3)cc2)CC1C(=O)NC(Cc1ccc(CCC(=O)O)cc1)C(=O)O. The number of carboxylic acids is 2. The number of carbonyl (C=O) groups excluding carboxylic acids is 3. The Labute approximate surface area is 255 Å². The van der Waals surface area contributed by atoms with Crippen LogP contribution in [0.2, 0.25) is 0 Å². The van der Waals surface area contributed by atoms with Gasteiger partial charge in [0.25, 0.3) is 0 Å². The maximum Gasteiger partial charge on any atom is 0.326 e. The average Bonchev–Trinajstić information content (AvgIpc) is 3.44. The second-order valence-electron chi connectivity index (χ2n) is 11.0. The summed E-state index contributed by atoms with van der Waals surface area (Å²) >= 11 is 0. The molecule has 1 aliphatic heterocycles. The zero-order chi connectivity index (χ0) is 31.8. The van der Waals surface area contributed by atoms with Crippen LogP contribution >= 0.6 is 0 Å². The zero-order valence-corrected chi connectivity index (χ0v) is 24.6. The number of rotatable bonds is 11. The topological polar surface area (TPSA) is 165 Å². The number of aryl methyl sites for hydroxylation is 2. The smallest absolute Gasteiger partial charge is 0.326 e. The van der Waals surface area contributed by atoms with E-state index in [0.29, 0.717) is 36.3 Å². The molecule has 3 atom stereocenters. The van der Waals surface area contributed by atoms with E-state index in [2.05, 4.69) is 16.0 Å². The molecule has 4 amide bonds. The van der Waals surface area contributed by atoms with Crippen LogP contribution in [-0.4, -0.2) is 63.5 Å². The number of nitrogens with one attached hydrogen (secondary N) is 3. The molecule has 0 aromatic heterocycles. The van der Waals surface area contributed by atoms with Gasteiger partial charge in [0.15, 0.2) is 0 Å². The van der Waals surface area contributed by atoms with E-state index in [-0.39, 0.29) is 30.7 Å². The highest BCUT2D eigenvalue weighted by Gasteiger charge is 2.40. The molecule has 44 heavy (non-hydrogen) atoms. The molecule has 3 unspecified atom stereocenters. The van der Waals surface area contributed by atoms with Gasteiger partial charge in [-0.2, -0.15) is 0 Å². The van der Waals surface area contributed by atoms with Gasteiger partial charge in [-0.1, -0.05) is 54.1 Å². The van der Waals surface area contributed by atoms with Gasteiger partial charge in [-0.3, -0.25) is 14.4 Å². The van der Waals surface area contributed by atoms with E-state index in [1.807, 2.05) is 43.3 Å². The second kappa shape index (κ2) is 14.3. The normalized spacial score (nSPS) is 16.5. The number of carboxylic acid groups (broad SMARTS) is 2. The van der Waals surface area contributed by atoms with Gasteiger partial charge in [-0.05, 0) is 60.7 Å². The maximum atomic E-state index is 13.3. The van der Waals surface area contributed by atoms with Crippen molar-refractivity contribution < 1.29 is 34.2 Å². The van der Waals surface area contributed by atoms with Gasteiger partial charge in [0, 0.05) is 43.6 Å². The molecule has 0 bridgehead atoms. The van der Waals surface area contributed by atoms with Crippen molar-refractivity contribution in [2.45, 2.75) is 57.5 Å².